The van der Waals surface area contributed by atoms with Crippen LogP contribution in [0.5, 0.6) is 0 Å². The fourth-order valence-electron chi connectivity index (χ4n) is 2.36. The van der Waals surface area contributed by atoms with E-state index in [1.54, 1.807) is 12.1 Å². The highest BCUT2D eigenvalue weighted by atomic mass is 32.2. The second-order valence-electron chi connectivity index (χ2n) is 5.89. The van der Waals surface area contributed by atoms with Crippen molar-refractivity contribution in [3.8, 4) is 0 Å². The van der Waals surface area contributed by atoms with Gasteiger partial charge in [-0.1, -0.05) is 25.5 Å². The summed E-state index contributed by atoms with van der Waals surface area (Å²) in [5.74, 6) is 0. The van der Waals surface area contributed by atoms with E-state index in [1.807, 2.05) is 26.0 Å². The molecule has 1 fully saturated rings. The van der Waals surface area contributed by atoms with Gasteiger partial charge in [0.05, 0.1) is 17.0 Å². The summed E-state index contributed by atoms with van der Waals surface area (Å²) < 4.78 is 32.0. The Bertz CT molecular complexity index is 549. The van der Waals surface area contributed by atoms with Gasteiger partial charge in [-0.05, 0) is 44.4 Å². The Morgan fingerprint density at radius 3 is 2.40 bits per heavy atom. The van der Waals surface area contributed by atoms with E-state index >= 15 is 0 Å². The number of hydrogen-bond acceptors (Lipinski definition) is 3. The molecule has 0 unspecified atom stereocenters. The lowest BCUT2D eigenvalue weighted by Gasteiger charge is -2.28. The fraction of sp³-hybridized carbons (Fsp3) is 0.600. The molecule has 112 valence electrons. The molecule has 0 radical (unpaired) electrons. The predicted octanol–water partition coefficient (Wildman–Crippen LogP) is 2.79. The first-order valence-corrected chi connectivity index (χ1v) is 8.51. The SMILES string of the molecule is CCCCc1ccc(S(=O)(=O)N2COCC2(C)C)cc1. The van der Waals surface area contributed by atoms with Crippen LogP contribution in [0.15, 0.2) is 29.2 Å². The molecule has 0 spiro atoms. The maximum atomic E-state index is 12.6. The third-order valence-electron chi connectivity index (χ3n) is 3.67. The number of benzene rings is 1. The molecule has 4 nitrogen and oxygen atoms in total. The van der Waals surface area contributed by atoms with Gasteiger partial charge in [-0.2, -0.15) is 4.31 Å². The third kappa shape index (κ3) is 3.05. The molecule has 0 amide bonds. The van der Waals surface area contributed by atoms with Gasteiger partial charge in [0.25, 0.3) is 0 Å². The molecular weight excluding hydrogens is 274 g/mol. The van der Waals surface area contributed by atoms with Crippen LogP contribution >= 0.6 is 0 Å². The molecule has 0 N–H and O–H groups in total. The van der Waals surface area contributed by atoms with Gasteiger partial charge in [0.15, 0.2) is 0 Å². The average Bonchev–Trinajstić information content (AvgIpc) is 2.77. The molecule has 0 atom stereocenters. The van der Waals surface area contributed by atoms with Crippen LogP contribution in [0.1, 0.15) is 39.2 Å². The third-order valence-corrected chi connectivity index (χ3v) is 5.72. The molecule has 0 aliphatic carbocycles. The summed E-state index contributed by atoms with van der Waals surface area (Å²) in [5, 5.41) is 0. The van der Waals surface area contributed by atoms with E-state index < -0.39 is 15.6 Å². The number of rotatable bonds is 5. The van der Waals surface area contributed by atoms with Gasteiger partial charge in [0.1, 0.15) is 6.73 Å². The number of nitrogens with zero attached hydrogens (tertiary/aromatic N) is 1. The van der Waals surface area contributed by atoms with E-state index in [-0.39, 0.29) is 6.73 Å². The molecular formula is C15H23NO3S. The molecule has 1 saturated heterocycles. The number of sulfonamides is 1. The Morgan fingerprint density at radius 1 is 1.25 bits per heavy atom. The zero-order chi connectivity index (χ0) is 14.8. The maximum absolute atomic E-state index is 12.6. The monoisotopic (exact) mass is 297 g/mol. The summed E-state index contributed by atoms with van der Waals surface area (Å²) >= 11 is 0. The lowest BCUT2D eigenvalue weighted by Crippen LogP contribution is -2.44. The van der Waals surface area contributed by atoms with Gasteiger partial charge in [-0.25, -0.2) is 8.42 Å². The lowest BCUT2D eigenvalue weighted by molar-refractivity contribution is 0.171. The van der Waals surface area contributed by atoms with Crippen LogP contribution in [0.4, 0.5) is 0 Å². The molecule has 20 heavy (non-hydrogen) atoms. The van der Waals surface area contributed by atoms with Crippen molar-refractivity contribution < 1.29 is 13.2 Å². The second kappa shape index (κ2) is 5.84. The van der Waals surface area contributed by atoms with Crippen molar-refractivity contribution >= 4 is 10.0 Å². The highest BCUT2D eigenvalue weighted by molar-refractivity contribution is 7.89. The standard InChI is InChI=1S/C15H23NO3S/c1-4-5-6-13-7-9-14(10-8-13)20(17,18)16-12-19-11-15(16,2)3/h7-10H,4-6,11-12H2,1-3H3. The topological polar surface area (TPSA) is 46.6 Å². The first-order chi connectivity index (χ1) is 9.38. The summed E-state index contributed by atoms with van der Waals surface area (Å²) in [6, 6.07) is 7.22. The summed E-state index contributed by atoms with van der Waals surface area (Å²) in [4.78, 5) is 0.344. The molecule has 2 rings (SSSR count). The van der Waals surface area contributed by atoms with E-state index in [0.717, 1.165) is 19.3 Å². The summed E-state index contributed by atoms with van der Waals surface area (Å²) in [6.07, 6.45) is 3.26. The van der Waals surface area contributed by atoms with E-state index in [1.165, 1.54) is 9.87 Å². The van der Waals surface area contributed by atoms with Crippen molar-refractivity contribution in [2.75, 3.05) is 13.3 Å². The smallest absolute Gasteiger partial charge is 0.245 e. The molecule has 1 aromatic rings. The Balaban J connectivity index is 2.22. The van der Waals surface area contributed by atoms with Gasteiger partial charge in [-0.3, -0.25) is 0 Å². The van der Waals surface area contributed by atoms with E-state index in [0.29, 0.717) is 11.5 Å². The average molecular weight is 297 g/mol. The molecule has 0 aromatic heterocycles. The summed E-state index contributed by atoms with van der Waals surface area (Å²) in [5.41, 5.74) is 0.697. The van der Waals surface area contributed by atoms with Crippen LogP contribution in [-0.4, -0.2) is 31.6 Å². The summed E-state index contributed by atoms with van der Waals surface area (Å²) in [6.45, 7) is 6.47. The highest BCUT2D eigenvalue weighted by Crippen LogP contribution is 2.29. The molecule has 1 aliphatic rings. The van der Waals surface area contributed by atoms with E-state index in [2.05, 4.69) is 6.92 Å². The zero-order valence-corrected chi connectivity index (χ0v) is 13.2. The lowest BCUT2D eigenvalue weighted by atomic mass is 10.1. The normalized spacial score (nSPS) is 19.4. The number of aryl methyl sites for hydroxylation is 1. The van der Waals surface area contributed by atoms with Gasteiger partial charge in [-0.15, -0.1) is 0 Å². The minimum Gasteiger partial charge on any atom is -0.363 e. The molecule has 0 bridgehead atoms. The van der Waals surface area contributed by atoms with Crippen molar-refractivity contribution in [2.24, 2.45) is 0 Å². The maximum Gasteiger partial charge on any atom is 0.245 e. The Morgan fingerprint density at radius 2 is 1.90 bits per heavy atom. The van der Waals surface area contributed by atoms with Crippen LogP contribution in [-0.2, 0) is 21.2 Å². The minimum atomic E-state index is -3.48. The van der Waals surface area contributed by atoms with Gasteiger partial charge in [0, 0.05) is 0 Å². The van der Waals surface area contributed by atoms with Gasteiger partial charge < -0.3 is 4.74 Å². The van der Waals surface area contributed by atoms with Crippen molar-refractivity contribution in [2.45, 2.75) is 50.5 Å². The predicted molar refractivity (Wildman–Crippen MR) is 79.0 cm³/mol. The molecule has 0 saturated carbocycles. The van der Waals surface area contributed by atoms with E-state index in [4.69, 9.17) is 4.74 Å². The van der Waals surface area contributed by atoms with E-state index in [9.17, 15) is 8.42 Å². The fourth-order valence-corrected chi connectivity index (χ4v) is 4.01. The quantitative estimate of drug-likeness (QED) is 0.839. The summed E-state index contributed by atoms with van der Waals surface area (Å²) in [7, 11) is -3.48. The van der Waals surface area contributed by atoms with Gasteiger partial charge >= 0.3 is 0 Å². The first kappa shape index (κ1) is 15.5. The van der Waals surface area contributed by atoms with Crippen LogP contribution in [0.3, 0.4) is 0 Å². The van der Waals surface area contributed by atoms with Crippen LogP contribution in [0.25, 0.3) is 0 Å². The molecule has 1 heterocycles. The van der Waals surface area contributed by atoms with Crippen LogP contribution in [0.2, 0.25) is 0 Å². The Hall–Kier alpha value is -0.910. The molecule has 5 heteroatoms. The zero-order valence-electron chi connectivity index (χ0n) is 12.4. The number of ether oxygens (including phenoxy) is 1. The van der Waals surface area contributed by atoms with Crippen molar-refractivity contribution in [3.63, 3.8) is 0 Å². The number of hydrogen-bond donors (Lipinski definition) is 0. The van der Waals surface area contributed by atoms with Crippen LogP contribution in [0, 0.1) is 0 Å². The minimum absolute atomic E-state index is 0.132. The number of unbranched alkanes of at least 4 members (excludes halogenated alkanes) is 1. The highest BCUT2D eigenvalue weighted by Gasteiger charge is 2.41. The van der Waals surface area contributed by atoms with Crippen molar-refractivity contribution in [1.82, 2.24) is 4.31 Å². The van der Waals surface area contributed by atoms with Crippen LogP contribution < -0.4 is 0 Å². The Labute approximate surface area is 121 Å². The first-order valence-electron chi connectivity index (χ1n) is 7.07. The molecule has 1 aliphatic heterocycles. The Kier molecular flexibility index (Phi) is 4.52. The largest absolute Gasteiger partial charge is 0.363 e. The van der Waals surface area contributed by atoms with Gasteiger partial charge in [0.2, 0.25) is 10.0 Å². The van der Waals surface area contributed by atoms with Crippen molar-refractivity contribution in [1.29, 1.82) is 0 Å². The second-order valence-corrected chi connectivity index (χ2v) is 7.75. The van der Waals surface area contributed by atoms with Crippen molar-refractivity contribution in [3.05, 3.63) is 29.8 Å². The molecule has 1 aromatic carbocycles.